The summed E-state index contributed by atoms with van der Waals surface area (Å²) in [6.45, 7) is 16.5. The van der Waals surface area contributed by atoms with Gasteiger partial charge in [0.1, 0.15) is 166 Å². The van der Waals surface area contributed by atoms with Crippen LogP contribution in [0.2, 0.25) is 0 Å². The first-order valence-corrected chi connectivity index (χ1v) is 32.4. The van der Waals surface area contributed by atoms with Crippen LogP contribution in [0.1, 0.15) is 20.8 Å². The van der Waals surface area contributed by atoms with E-state index in [2.05, 4.69) is 19.7 Å². The second-order valence-electron chi connectivity index (χ2n) is 23.4. The highest BCUT2D eigenvalue weighted by atomic mass is 16.8. The Morgan fingerprint density at radius 3 is 0.606 bits per heavy atom. The molecule has 0 spiro atoms. The van der Waals surface area contributed by atoms with Crippen LogP contribution in [0.15, 0.2) is 38.0 Å². The van der Waals surface area contributed by atoms with Crippen molar-refractivity contribution in [2.45, 2.75) is 204 Å². The number of hydrogen-bond donors (Lipinski definition) is 0. The molecule has 576 valence electrons. The molecule has 0 saturated carbocycles. The van der Waals surface area contributed by atoms with E-state index in [1.54, 1.807) is 64.0 Å². The van der Waals surface area contributed by atoms with E-state index in [9.17, 15) is 14.4 Å². The largest absolute Gasteiger partial charge is 0.460 e. The number of esters is 3. The molecule has 0 N–H and O–H groups in total. The van der Waals surface area contributed by atoms with Gasteiger partial charge in [0.05, 0.1) is 38.1 Å². The average Bonchev–Trinajstić information content (AvgIpc) is 0.790. The quantitative estimate of drug-likeness (QED) is 0.0480. The molecule has 0 aromatic carbocycles. The third-order valence-electron chi connectivity index (χ3n) is 18.0. The van der Waals surface area contributed by atoms with Crippen molar-refractivity contribution in [1.29, 1.82) is 0 Å². The zero-order chi connectivity index (χ0) is 73.6. The molecule has 30 atom stereocenters. The Morgan fingerprint density at radius 2 is 0.434 bits per heavy atom. The summed E-state index contributed by atoms with van der Waals surface area (Å²) in [6, 6.07) is 0. The Balaban J connectivity index is 0.000000315. The molecule has 99 heavy (non-hydrogen) atoms. The summed E-state index contributed by atoms with van der Waals surface area (Å²) in [5, 5.41) is 0. The first kappa shape index (κ1) is 88.0. The number of methoxy groups -OCH3 is 18. The van der Waals surface area contributed by atoms with Crippen LogP contribution < -0.4 is 0 Å². The van der Waals surface area contributed by atoms with Crippen LogP contribution in [-0.2, 0) is 156 Å². The van der Waals surface area contributed by atoms with E-state index in [1.807, 2.05) is 20.8 Å². The van der Waals surface area contributed by atoms with Crippen molar-refractivity contribution in [2.24, 2.45) is 0 Å². The van der Waals surface area contributed by atoms with Crippen LogP contribution in [0, 0.1) is 0 Å². The maximum Gasteiger partial charge on any atom is 0.330 e. The van der Waals surface area contributed by atoms with Gasteiger partial charge in [-0.1, -0.05) is 19.7 Å². The molecule has 0 aromatic rings. The molecule has 6 heterocycles. The van der Waals surface area contributed by atoms with Crippen LogP contribution in [0.3, 0.4) is 0 Å². The summed E-state index contributed by atoms with van der Waals surface area (Å²) in [5.74, 6) is -1.73. The molecule has 30 unspecified atom stereocenters. The van der Waals surface area contributed by atoms with E-state index in [4.69, 9.17) is 142 Å². The lowest BCUT2D eigenvalue weighted by Crippen LogP contribution is -2.65. The standard InChI is InChI=1S/3C22H38O11/c3*1-9-15(23)30-11-14-17(26-5)20(28-7)21(29-8)22(32-14)33-18-13(10-24-3)31-12(2)16(25-4)19(18)27-6/h3*9,12-14,16-22H,1,10-11H2,2-8H3. The Hall–Kier alpha value is -3.45. The molecule has 6 saturated heterocycles. The molecule has 0 aliphatic carbocycles. The third kappa shape index (κ3) is 22.8. The Kier molecular flexibility index (Phi) is 40.6. The first-order chi connectivity index (χ1) is 47.7. The molecule has 0 aromatic heterocycles. The average molecular weight is 1440 g/mol. The second kappa shape index (κ2) is 45.7. The van der Waals surface area contributed by atoms with Crippen LogP contribution in [0.4, 0.5) is 0 Å². The fraction of sp³-hybridized carbons (Fsp3) is 0.864. The fourth-order valence-electron chi connectivity index (χ4n) is 13.4. The van der Waals surface area contributed by atoms with Gasteiger partial charge in [0.25, 0.3) is 0 Å². The van der Waals surface area contributed by atoms with Crippen molar-refractivity contribution >= 4 is 17.9 Å². The van der Waals surface area contributed by atoms with Gasteiger partial charge in [0.15, 0.2) is 18.9 Å². The summed E-state index contributed by atoms with van der Waals surface area (Å²) in [5.41, 5.74) is 0. The highest BCUT2D eigenvalue weighted by Gasteiger charge is 2.57. The van der Waals surface area contributed by atoms with Crippen LogP contribution >= 0.6 is 0 Å². The monoisotopic (exact) mass is 1430 g/mol. The normalized spacial score (nSPS) is 39.2. The van der Waals surface area contributed by atoms with E-state index in [-0.39, 0.29) is 76.3 Å². The van der Waals surface area contributed by atoms with Crippen molar-refractivity contribution in [3.8, 4) is 0 Å². The second-order valence-corrected chi connectivity index (χ2v) is 23.4. The number of carbonyl (C=O) groups is 3. The molecule has 33 nitrogen and oxygen atoms in total. The van der Waals surface area contributed by atoms with E-state index in [0.29, 0.717) is 0 Å². The van der Waals surface area contributed by atoms with Crippen LogP contribution in [-0.4, -0.2) is 369 Å². The van der Waals surface area contributed by atoms with E-state index < -0.39 is 165 Å². The number of carbonyl (C=O) groups excluding carboxylic acids is 3. The number of hydrogen-bond acceptors (Lipinski definition) is 33. The molecule has 6 fully saturated rings. The van der Waals surface area contributed by atoms with Gasteiger partial charge < -0.3 is 142 Å². The maximum absolute atomic E-state index is 11.6. The van der Waals surface area contributed by atoms with Crippen molar-refractivity contribution in [1.82, 2.24) is 0 Å². The Bertz CT molecular complexity index is 2050. The minimum Gasteiger partial charge on any atom is -0.460 e. The predicted octanol–water partition coefficient (Wildman–Crippen LogP) is 1.00. The maximum atomic E-state index is 11.6. The molecule has 6 aliphatic rings. The zero-order valence-corrected chi connectivity index (χ0v) is 61.4. The Labute approximate surface area is 582 Å². The third-order valence-corrected chi connectivity index (χ3v) is 18.0. The van der Waals surface area contributed by atoms with E-state index in [0.717, 1.165) is 18.2 Å². The van der Waals surface area contributed by atoms with Crippen LogP contribution in [0.25, 0.3) is 0 Å². The van der Waals surface area contributed by atoms with Gasteiger partial charge >= 0.3 is 17.9 Å². The zero-order valence-electron chi connectivity index (χ0n) is 61.4. The van der Waals surface area contributed by atoms with Crippen molar-refractivity contribution in [3.63, 3.8) is 0 Å². The van der Waals surface area contributed by atoms with Crippen LogP contribution in [0.5, 0.6) is 0 Å². The molecule has 0 amide bonds. The molecule has 33 heteroatoms. The SMILES string of the molecule is C=CC(=O)OCC1OC(OC2C(COC)OC(C)C(OC)C2OC)C(OC)C(OC)C1OC.C=CC(=O)OCC1OC(OC2C(COC)OC(C)C(OC)C2OC)C(OC)C(OC)C1OC.C=CC(=O)OCC1OC(OC2C(COC)OC(C)C(OC)C2OC)C(OC)C(OC)C1OC. The van der Waals surface area contributed by atoms with Crippen molar-refractivity contribution < 1.29 is 156 Å². The summed E-state index contributed by atoms with van der Waals surface area (Å²) in [7, 11) is 28.0. The summed E-state index contributed by atoms with van der Waals surface area (Å²) in [4.78, 5) is 34.9. The fourth-order valence-corrected chi connectivity index (χ4v) is 13.4. The van der Waals surface area contributed by atoms with E-state index >= 15 is 0 Å². The molecule has 0 radical (unpaired) electrons. The van der Waals surface area contributed by atoms with Gasteiger partial charge in [-0.3, -0.25) is 0 Å². The topological polar surface area (TPSA) is 328 Å². The van der Waals surface area contributed by atoms with Gasteiger partial charge in [-0.2, -0.15) is 0 Å². The van der Waals surface area contributed by atoms with Gasteiger partial charge in [0.2, 0.25) is 0 Å². The summed E-state index contributed by atoms with van der Waals surface area (Å²) >= 11 is 0. The lowest BCUT2D eigenvalue weighted by molar-refractivity contribution is -0.350. The smallest absolute Gasteiger partial charge is 0.330 e. The molecule has 6 rings (SSSR count). The van der Waals surface area contributed by atoms with Gasteiger partial charge in [0, 0.05) is 146 Å². The molecule has 0 bridgehead atoms. The van der Waals surface area contributed by atoms with Crippen molar-refractivity contribution in [2.75, 3.05) is 168 Å². The lowest BCUT2D eigenvalue weighted by atomic mass is 9.94. The van der Waals surface area contributed by atoms with Crippen molar-refractivity contribution in [3.05, 3.63) is 38.0 Å². The number of rotatable bonds is 36. The molecular weight excluding hydrogens is 1320 g/mol. The molecular formula is C66H114O33. The van der Waals surface area contributed by atoms with E-state index in [1.165, 1.54) is 64.0 Å². The summed E-state index contributed by atoms with van der Waals surface area (Å²) < 4.78 is 173. The summed E-state index contributed by atoms with van der Waals surface area (Å²) in [6.07, 6.45) is -13.6. The van der Waals surface area contributed by atoms with Gasteiger partial charge in [-0.25, -0.2) is 14.4 Å². The first-order valence-electron chi connectivity index (χ1n) is 32.4. The highest BCUT2D eigenvalue weighted by molar-refractivity contribution is 5.81. The van der Waals surface area contributed by atoms with Gasteiger partial charge in [-0.05, 0) is 20.8 Å². The number of ether oxygens (including phenoxy) is 30. The highest BCUT2D eigenvalue weighted by Crippen LogP contribution is 2.38. The minimum atomic E-state index is -0.921. The predicted molar refractivity (Wildman–Crippen MR) is 345 cm³/mol. The molecule has 6 aliphatic heterocycles. The minimum absolute atomic E-state index is 0.0897. The lowest BCUT2D eigenvalue weighted by Gasteiger charge is -2.49. The Morgan fingerprint density at radius 1 is 0.253 bits per heavy atom. The van der Waals surface area contributed by atoms with Gasteiger partial charge in [-0.15, -0.1) is 0 Å².